The number of hydrogen-bond acceptors (Lipinski definition) is 6. The number of unbranched alkanes of at least 4 members (excludes halogenated alkanes) is 1. The number of nitrogens with zero attached hydrogens (tertiary/aromatic N) is 2. The molecule has 1 aromatic heterocycles. The quantitative estimate of drug-likeness (QED) is 0.317. The Balaban J connectivity index is 1.59. The number of nitrogens with one attached hydrogen (secondary N) is 1. The van der Waals surface area contributed by atoms with Crippen molar-refractivity contribution >= 4 is 27.7 Å². The Bertz CT molecular complexity index is 950. The van der Waals surface area contributed by atoms with Crippen LogP contribution in [0.15, 0.2) is 65.1 Å². The van der Waals surface area contributed by atoms with Crippen LogP contribution in [-0.2, 0) is 17.9 Å². The first-order valence-electron chi connectivity index (χ1n) is 9.85. The topological polar surface area (TPSA) is 73.3 Å². The van der Waals surface area contributed by atoms with Crippen LogP contribution in [0.3, 0.4) is 0 Å². The third-order valence-electron chi connectivity index (χ3n) is 4.32. The number of halogens is 1. The van der Waals surface area contributed by atoms with E-state index in [1.54, 1.807) is 12.1 Å². The number of hydrogen-bond donors (Lipinski definition) is 1. The molecule has 7 heteroatoms. The Morgan fingerprint density at radius 2 is 1.90 bits per heavy atom. The molecule has 1 N–H and O–H groups in total. The van der Waals surface area contributed by atoms with Crippen LogP contribution >= 0.6 is 15.9 Å². The van der Waals surface area contributed by atoms with Gasteiger partial charge in [-0.05, 0) is 42.3 Å². The van der Waals surface area contributed by atoms with E-state index in [2.05, 4.69) is 31.4 Å². The molecule has 0 saturated heterocycles. The molecule has 6 nitrogen and oxygen atoms in total. The number of carbonyl (C=O) groups excluding carboxylic acids is 1. The summed E-state index contributed by atoms with van der Waals surface area (Å²) in [5.41, 5.74) is 2.28. The summed E-state index contributed by atoms with van der Waals surface area (Å²) < 4.78 is 12.1. The van der Waals surface area contributed by atoms with E-state index in [1.165, 1.54) is 0 Å². The number of carbonyl (C=O) groups is 1. The van der Waals surface area contributed by atoms with Crippen molar-refractivity contribution in [3.05, 3.63) is 82.0 Å². The molecular weight excluding hydrogens is 446 g/mol. The van der Waals surface area contributed by atoms with Crippen LogP contribution in [0, 0.1) is 0 Å². The predicted octanol–water partition coefficient (Wildman–Crippen LogP) is 5.39. The summed E-state index contributed by atoms with van der Waals surface area (Å²) in [6.07, 6.45) is 1.80. The molecule has 30 heavy (non-hydrogen) atoms. The molecule has 0 amide bonds. The second-order valence-corrected chi connectivity index (χ2v) is 7.59. The fourth-order valence-electron chi connectivity index (χ4n) is 2.67. The largest absolute Gasteiger partial charge is 0.489 e. The van der Waals surface area contributed by atoms with Gasteiger partial charge in [0.2, 0.25) is 0 Å². The van der Waals surface area contributed by atoms with E-state index in [9.17, 15) is 4.79 Å². The summed E-state index contributed by atoms with van der Waals surface area (Å²) in [4.78, 5) is 11.9. The minimum Gasteiger partial charge on any atom is -0.489 e. The molecule has 0 radical (unpaired) electrons. The molecule has 0 aliphatic heterocycles. The first-order chi connectivity index (χ1) is 14.7. The van der Waals surface area contributed by atoms with Crippen molar-refractivity contribution in [1.29, 1.82) is 0 Å². The summed E-state index contributed by atoms with van der Waals surface area (Å²) >= 11 is 3.51. The Hall–Kier alpha value is -2.93. The molecule has 3 aromatic rings. The highest BCUT2D eigenvalue weighted by atomic mass is 79.9. The maximum absolute atomic E-state index is 11.9. The molecular formula is C23H24BrN3O3. The van der Waals surface area contributed by atoms with Gasteiger partial charge in [-0.15, -0.1) is 10.2 Å². The van der Waals surface area contributed by atoms with Gasteiger partial charge in [0.1, 0.15) is 18.2 Å². The lowest BCUT2D eigenvalue weighted by Gasteiger charge is -2.13. The van der Waals surface area contributed by atoms with E-state index in [0.29, 0.717) is 25.6 Å². The lowest BCUT2D eigenvalue weighted by molar-refractivity contribution is 0.0491. The summed E-state index contributed by atoms with van der Waals surface area (Å²) in [5, 5.41) is 11.3. The van der Waals surface area contributed by atoms with Gasteiger partial charge in [0.15, 0.2) is 5.69 Å². The SMILES string of the molecule is CCCCOC(=O)c1ccc(NCc2cc(Br)ccc2OCc2ccccc2)nn1. The fourth-order valence-corrected chi connectivity index (χ4v) is 3.08. The van der Waals surface area contributed by atoms with Gasteiger partial charge < -0.3 is 14.8 Å². The third kappa shape index (κ3) is 6.56. The molecule has 0 aliphatic rings. The number of benzene rings is 2. The molecule has 0 aliphatic carbocycles. The van der Waals surface area contributed by atoms with Crippen LogP contribution in [0.5, 0.6) is 5.75 Å². The van der Waals surface area contributed by atoms with Crippen molar-refractivity contribution in [3.63, 3.8) is 0 Å². The van der Waals surface area contributed by atoms with E-state index in [-0.39, 0.29) is 5.69 Å². The van der Waals surface area contributed by atoms with Gasteiger partial charge in [-0.1, -0.05) is 59.6 Å². The van der Waals surface area contributed by atoms with Gasteiger partial charge in [0.25, 0.3) is 0 Å². The zero-order chi connectivity index (χ0) is 21.2. The van der Waals surface area contributed by atoms with Gasteiger partial charge >= 0.3 is 5.97 Å². The molecule has 156 valence electrons. The molecule has 0 fully saturated rings. The molecule has 0 spiro atoms. The van der Waals surface area contributed by atoms with Crippen LogP contribution in [0.4, 0.5) is 5.82 Å². The fraction of sp³-hybridized carbons (Fsp3) is 0.261. The van der Waals surface area contributed by atoms with E-state index >= 15 is 0 Å². The Morgan fingerprint density at radius 1 is 1.07 bits per heavy atom. The number of anilines is 1. The second-order valence-electron chi connectivity index (χ2n) is 6.67. The van der Waals surface area contributed by atoms with E-state index in [0.717, 1.165) is 34.2 Å². The monoisotopic (exact) mass is 469 g/mol. The van der Waals surface area contributed by atoms with Crippen LogP contribution in [0.25, 0.3) is 0 Å². The van der Waals surface area contributed by atoms with Gasteiger partial charge in [-0.2, -0.15) is 0 Å². The lowest BCUT2D eigenvalue weighted by Crippen LogP contribution is -2.11. The van der Waals surface area contributed by atoms with Crippen molar-refractivity contribution in [3.8, 4) is 5.75 Å². The maximum Gasteiger partial charge on any atom is 0.358 e. The minimum atomic E-state index is -0.453. The zero-order valence-electron chi connectivity index (χ0n) is 16.8. The normalized spacial score (nSPS) is 10.5. The van der Waals surface area contributed by atoms with Crippen LogP contribution in [0.2, 0.25) is 0 Å². The van der Waals surface area contributed by atoms with Crippen molar-refractivity contribution in [2.75, 3.05) is 11.9 Å². The first kappa shape index (κ1) is 21.8. The van der Waals surface area contributed by atoms with E-state index in [1.807, 2.05) is 55.5 Å². The van der Waals surface area contributed by atoms with Gasteiger partial charge in [0, 0.05) is 16.6 Å². The van der Waals surface area contributed by atoms with E-state index in [4.69, 9.17) is 9.47 Å². The van der Waals surface area contributed by atoms with Crippen molar-refractivity contribution in [2.45, 2.75) is 32.9 Å². The number of esters is 1. The third-order valence-corrected chi connectivity index (χ3v) is 4.82. The highest BCUT2D eigenvalue weighted by Gasteiger charge is 2.10. The lowest BCUT2D eigenvalue weighted by atomic mass is 10.2. The summed E-state index contributed by atoms with van der Waals surface area (Å²) in [5.74, 6) is 0.902. The molecule has 1 heterocycles. The highest BCUT2D eigenvalue weighted by Crippen LogP contribution is 2.25. The van der Waals surface area contributed by atoms with Crippen molar-refractivity contribution in [1.82, 2.24) is 10.2 Å². The standard InChI is InChI=1S/C23H24BrN3O3/c1-2-3-13-29-23(28)20-10-12-22(27-26-20)25-15-18-14-19(24)9-11-21(18)30-16-17-7-5-4-6-8-17/h4-12,14H,2-3,13,15-16H2,1H3,(H,25,27). The molecule has 0 atom stereocenters. The van der Waals surface area contributed by atoms with Crippen molar-refractivity contribution in [2.24, 2.45) is 0 Å². The van der Waals surface area contributed by atoms with Crippen LogP contribution in [0.1, 0.15) is 41.4 Å². The molecule has 0 unspecified atom stereocenters. The Labute approximate surface area is 184 Å². The maximum atomic E-state index is 11.9. The Morgan fingerprint density at radius 3 is 2.63 bits per heavy atom. The minimum absolute atomic E-state index is 0.200. The summed E-state index contributed by atoms with van der Waals surface area (Å²) in [6, 6.07) is 19.2. The van der Waals surface area contributed by atoms with E-state index < -0.39 is 5.97 Å². The average molecular weight is 470 g/mol. The predicted molar refractivity (Wildman–Crippen MR) is 119 cm³/mol. The molecule has 0 saturated carbocycles. The summed E-state index contributed by atoms with van der Waals surface area (Å²) in [7, 11) is 0. The molecule has 2 aromatic carbocycles. The number of ether oxygens (including phenoxy) is 2. The summed E-state index contributed by atoms with van der Waals surface area (Å²) in [6.45, 7) is 3.42. The van der Waals surface area contributed by atoms with Gasteiger partial charge in [-0.25, -0.2) is 4.79 Å². The van der Waals surface area contributed by atoms with Crippen LogP contribution in [-0.4, -0.2) is 22.8 Å². The smallest absolute Gasteiger partial charge is 0.358 e. The number of rotatable bonds is 10. The molecule has 0 bridgehead atoms. The molecule has 3 rings (SSSR count). The first-order valence-corrected chi connectivity index (χ1v) is 10.6. The zero-order valence-corrected chi connectivity index (χ0v) is 18.4. The van der Waals surface area contributed by atoms with Crippen molar-refractivity contribution < 1.29 is 14.3 Å². The van der Waals surface area contributed by atoms with Crippen LogP contribution < -0.4 is 10.1 Å². The van der Waals surface area contributed by atoms with Gasteiger partial charge in [0.05, 0.1) is 6.61 Å². The van der Waals surface area contributed by atoms with Gasteiger partial charge in [-0.3, -0.25) is 0 Å². The highest BCUT2D eigenvalue weighted by molar-refractivity contribution is 9.10. The average Bonchev–Trinajstić information content (AvgIpc) is 2.78. The Kier molecular flexibility index (Phi) is 8.20. The second kappa shape index (κ2) is 11.3. The number of aromatic nitrogens is 2.